The number of aromatic nitrogens is 2. The van der Waals surface area contributed by atoms with Crippen LogP contribution in [-0.2, 0) is 16.9 Å². The van der Waals surface area contributed by atoms with E-state index in [0.717, 1.165) is 31.1 Å². The van der Waals surface area contributed by atoms with Crippen LogP contribution in [0, 0.1) is 11.8 Å². The second-order valence-corrected chi connectivity index (χ2v) is 6.49. The molecule has 0 amide bonds. The standard InChI is InChI=1S/C15H25N3O2/c1-11-4-3-7-15(8-11,19-2)14-17-13(20-18-14)10-16-9-12-5-6-12/h11-12,16H,3-10H2,1-2H3. The molecular weight excluding hydrogens is 254 g/mol. The Labute approximate surface area is 120 Å². The van der Waals surface area contributed by atoms with E-state index in [2.05, 4.69) is 22.4 Å². The summed E-state index contributed by atoms with van der Waals surface area (Å²) in [6.45, 7) is 3.99. The van der Waals surface area contributed by atoms with Gasteiger partial charge in [0.15, 0.2) is 0 Å². The quantitative estimate of drug-likeness (QED) is 0.867. The predicted molar refractivity (Wildman–Crippen MR) is 75.0 cm³/mol. The first kappa shape index (κ1) is 14.0. The Morgan fingerprint density at radius 3 is 2.95 bits per heavy atom. The van der Waals surface area contributed by atoms with Gasteiger partial charge in [0.2, 0.25) is 11.7 Å². The Kier molecular flexibility index (Phi) is 4.08. The van der Waals surface area contributed by atoms with Crippen LogP contribution in [0.4, 0.5) is 0 Å². The molecular formula is C15H25N3O2. The van der Waals surface area contributed by atoms with Gasteiger partial charge in [0.05, 0.1) is 6.54 Å². The molecule has 0 aromatic carbocycles. The van der Waals surface area contributed by atoms with Gasteiger partial charge in [0.1, 0.15) is 5.60 Å². The van der Waals surface area contributed by atoms with Crippen LogP contribution in [0.15, 0.2) is 4.52 Å². The van der Waals surface area contributed by atoms with Gasteiger partial charge in [-0.05, 0) is 50.5 Å². The van der Waals surface area contributed by atoms with Crippen LogP contribution in [0.25, 0.3) is 0 Å². The molecule has 2 unspecified atom stereocenters. The second kappa shape index (κ2) is 5.82. The van der Waals surface area contributed by atoms with Crippen LogP contribution < -0.4 is 5.32 Å². The van der Waals surface area contributed by atoms with Crippen LogP contribution in [0.3, 0.4) is 0 Å². The molecule has 0 spiro atoms. The van der Waals surface area contributed by atoms with Gasteiger partial charge >= 0.3 is 0 Å². The molecule has 112 valence electrons. The van der Waals surface area contributed by atoms with Crippen LogP contribution in [0.1, 0.15) is 57.2 Å². The normalized spacial score (nSPS) is 30.6. The highest BCUT2D eigenvalue weighted by atomic mass is 16.5. The zero-order valence-electron chi connectivity index (χ0n) is 12.5. The molecule has 2 aliphatic carbocycles. The van der Waals surface area contributed by atoms with E-state index in [9.17, 15) is 0 Å². The van der Waals surface area contributed by atoms with Crippen molar-refractivity contribution in [1.82, 2.24) is 15.5 Å². The van der Waals surface area contributed by atoms with Gasteiger partial charge in [-0.25, -0.2) is 0 Å². The van der Waals surface area contributed by atoms with E-state index in [0.29, 0.717) is 18.4 Å². The third kappa shape index (κ3) is 3.04. The van der Waals surface area contributed by atoms with Crippen molar-refractivity contribution >= 4 is 0 Å². The molecule has 1 N–H and O–H groups in total. The van der Waals surface area contributed by atoms with E-state index in [1.807, 2.05) is 0 Å². The molecule has 2 saturated carbocycles. The summed E-state index contributed by atoms with van der Waals surface area (Å²) in [6, 6.07) is 0. The van der Waals surface area contributed by atoms with Crippen molar-refractivity contribution < 1.29 is 9.26 Å². The summed E-state index contributed by atoms with van der Waals surface area (Å²) in [5.41, 5.74) is -0.337. The van der Waals surface area contributed by atoms with Crippen LogP contribution in [0.2, 0.25) is 0 Å². The fraction of sp³-hybridized carbons (Fsp3) is 0.867. The number of hydrogen-bond donors (Lipinski definition) is 1. The summed E-state index contributed by atoms with van der Waals surface area (Å²) < 4.78 is 11.2. The average Bonchev–Trinajstić information content (AvgIpc) is 3.14. The lowest BCUT2D eigenvalue weighted by atomic mass is 9.78. The summed E-state index contributed by atoms with van der Waals surface area (Å²) >= 11 is 0. The lowest BCUT2D eigenvalue weighted by Gasteiger charge is -2.36. The number of ether oxygens (including phenoxy) is 1. The SMILES string of the molecule is COC1(c2noc(CNCC3CC3)n2)CCCC(C)C1. The highest BCUT2D eigenvalue weighted by Gasteiger charge is 2.40. The molecule has 0 saturated heterocycles. The lowest BCUT2D eigenvalue weighted by molar-refractivity contribution is -0.0658. The van der Waals surface area contributed by atoms with Crippen molar-refractivity contribution in [3.05, 3.63) is 11.7 Å². The van der Waals surface area contributed by atoms with Crippen molar-refractivity contribution in [3.63, 3.8) is 0 Å². The zero-order valence-corrected chi connectivity index (χ0v) is 12.5. The molecule has 1 heterocycles. The number of nitrogens with one attached hydrogen (secondary N) is 1. The smallest absolute Gasteiger partial charge is 0.240 e. The minimum Gasteiger partial charge on any atom is -0.370 e. The number of nitrogens with zero attached hydrogens (tertiary/aromatic N) is 2. The number of rotatable bonds is 6. The second-order valence-electron chi connectivity index (χ2n) is 6.49. The molecule has 1 aromatic heterocycles. The van der Waals surface area contributed by atoms with E-state index in [-0.39, 0.29) is 5.60 Å². The molecule has 20 heavy (non-hydrogen) atoms. The molecule has 5 heteroatoms. The zero-order chi connectivity index (χ0) is 14.0. The first-order valence-electron chi connectivity index (χ1n) is 7.81. The van der Waals surface area contributed by atoms with E-state index >= 15 is 0 Å². The van der Waals surface area contributed by atoms with Gasteiger partial charge in [-0.1, -0.05) is 18.5 Å². The molecule has 2 aliphatic rings. The van der Waals surface area contributed by atoms with Crippen molar-refractivity contribution in [2.75, 3.05) is 13.7 Å². The van der Waals surface area contributed by atoms with Crippen molar-refractivity contribution in [3.8, 4) is 0 Å². The molecule has 0 radical (unpaired) electrons. The summed E-state index contributed by atoms with van der Waals surface area (Å²) in [7, 11) is 1.76. The minimum absolute atomic E-state index is 0.337. The Bertz CT molecular complexity index is 444. The molecule has 1 aromatic rings. The van der Waals surface area contributed by atoms with Crippen LogP contribution >= 0.6 is 0 Å². The van der Waals surface area contributed by atoms with Gasteiger partial charge in [-0.2, -0.15) is 4.98 Å². The molecule has 0 bridgehead atoms. The lowest BCUT2D eigenvalue weighted by Crippen LogP contribution is -2.35. The minimum atomic E-state index is -0.337. The third-order valence-corrected chi connectivity index (χ3v) is 4.63. The maximum absolute atomic E-state index is 5.80. The van der Waals surface area contributed by atoms with Crippen molar-refractivity contribution in [2.45, 2.75) is 57.6 Å². The summed E-state index contributed by atoms with van der Waals surface area (Å²) in [5.74, 6) is 2.92. The molecule has 2 atom stereocenters. The monoisotopic (exact) mass is 279 g/mol. The van der Waals surface area contributed by atoms with E-state index < -0.39 is 0 Å². The van der Waals surface area contributed by atoms with Gasteiger partial charge in [0.25, 0.3) is 0 Å². The first-order valence-corrected chi connectivity index (χ1v) is 7.81. The highest BCUT2D eigenvalue weighted by Crippen LogP contribution is 2.41. The first-order chi connectivity index (χ1) is 9.72. The Hall–Kier alpha value is -0.940. The molecule has 5 nitrogen and oxygen atoms in total. The van der Waals surface area contributed by atoms with Crippen LogP contribution in [0.5, 0.6) is 0 Å². The summed E-state index contributed by atoms with van der Waals surface area (Å²) in [6.07, 6.45) is 7.11. The Morgan fingerprint density at radius 2 is 2.25 bits per heavy atom. The summed E-state index contributed by atoms with van der Waals surface area (Å²) in [5, 5.41) is 7.56. The van der Waals surface area contributed by atoms with E-state index in [1.54, 1.807) is 7.11 Å². The molecule has 0 aliphatic heterocycles. The van der Waals surface area contributed by atoms with Gasteiger partial charge in [0, 0.05) is 7.11 Å². The van der Waals surface area contributed by atoms with Gasteiger partial charge < -0.3 is 14.6 Å². The van der Waals surface area contributed by atoms with E-state index in [1.165, 1.54) is 25.7 Å². The predicted octanol–water partition coefficient (Wildman–Crippen LogP) is 2.62. The largest absolute Gasteiger partial charge is 0.370 e. The van der Waals surface area contributed by atoms with E-state index in [4.69, 9.17) is 9.26 Å². The Balaban J connectivity index is 1.63. The Morgan fingerprint density at radius 1 is 1.40 bits per heavy atom. The van der Waals surface area contributed by atoms with Crippen molar-refractivity contribution in [2.24, 2.45) is 11.8 Å². The molecule has 3 rings (SSSR count). The summed E-state index contributed by atoms with van der Waals surface area (Å²) in [4.78, 5) is 4.56. The fourth-order valence-electron chi connectivity index (χ4n) is 3.20. The van der Waals surface area contributed by atoms with Crippen LogP contribution in [-0.4, -0.2) is 23.8 Å². The highest BCUT2D eigenvalue weighted by molar-refractivity contribution is 5.04. The maximum atomic E-state index is 5.80. The molecule has 2 fully saturated rings. The fourth-order valence-corrected chi connectivity index (χ4v) is 3.20. The van der Waals surface area contributed by atoms with Gasteiger partial charge in [-0.15, -0.1) is 0 Å². The van der Waals surface area contributed by atoms with Crippen molar-refractivity contribution in [1.29, 1.82) is 0 Å². The maximum Gasteiger partial charge on any atom is 0.240 e. The topological polar surface area (TPSA) is 60.2 Å². The third-order valence-electron chi connectivity index (χ3n) is 4.63. The number of hydrogen-bond acceptors (Lipinski definition) is 5. The number of methoxy groups -OCH3 is 1. The average molecular weight is 279 g/mol. The van der Waals surface area contributed by atoms with Gasteiger partial charge in [-0.3, -0.25) is 0 Å².